The summed E-state index contributed by atoms with van der Waals surface area (Å²) in [6.07, 6.45) is 7.86. The number of hydrogen-bond acceptors (Lipinski definition) is 1. The second-order valence-corrected chi connectivity index (χ2v) is 11.0. The number of urea groups is 1. The third-order valence-corrected chi connectivity index (χ3v) is 7.73. The van der Waals surface area contributed by atoms with Crippen molar-refractivity contribution < 1.29 is 4.79 Å². The molecule has 1 saturated carbocycles. The Hall–Kier alpha value is -1.65. The van der Waals surface area contributed by atoms with Crippen LogP contribution in [-0.4, -0.2) is 22.0 Å². The molecule has 1 fully saturated rings. The van der Waals surface area contributed by atoms with Gasteiger partial charge in [0.1, 0.15) is 0 Å². The first-order chi connectivity index (χ1) is 14.7. The topological polar surface area (TPSA) is 37.3 Å². The van der Waals surface area contributed by atoms with Crippen molar-refractivity contribution in [1.82, 2.24) is 9.47 Å². The smallest absolute Gasteiger partial charge is 0.322 e. The van der Waals surface area contributed by atoms with Gasteiger partial charge in [0, 0.05) is 30.0 Å². The molecule has 0 radical (unpaired) electrons. The molecule has 2 aromatic rings. The van der Waals surface area contributed by atoms with Gasteiger partial charge in [-0.3, -0.25) is 0 Å². The number of aromatic nitrogens is 1. The van der Waals surface area contributed by atoms with Crippen molar-refractivity contribution in [2.75, 3.05) is 11.9 Å². The SMILES string of the molecule is CC(C)(C)C1CCC(C2c3cccn3CCCN2C(=O)Nc2ccc(Cl)cc2Cl)CC1. The monoisotopic (exact) mass is 461 g/mol. The third-order valence-electron chi connectivity index (χ3n) is 7.18. The van der Waals surface area contributed by atoms with E-state index in [1.165, 1.54) is 18.5 Å². The summed E-state index contributed by atoms with van der Waals surface area (Å²) in [5.41, 5.74) is 2.21. The lowest BCUT2D eigenvalue weighted by molar-refractivity contribution is 0.0951. The number of amides is 2. The molecule has 0 saturated heterocycles. The molecule has 1 aromatic carbocycles. The van der Waals surface area contributed by atoms with Crippen LogP contribution in [0.4, 0.5) is 10.5 Å². The van der Waals surface area contributed by atoms with E-state index in [9.17, 15) is 4.79 Å². The van der Waals surface area contributed by atoms with Crippen LogP contribution in [0.15, 0.2) is 36.5 Å². The van der Waals surface area contributed by atoms with E-state index >= 15 is 0 Å². The van der Waals surface area contributed by atoms with Gasteiger partial charge in [-0.05, 0) is 79.7 Å². The van der Waals surface area contributed by atoms with Gasteiger partial charge in [-0.25, -0.2) is 4.79 Å². The summed E-state index contributed by atoms with van der Waals surface area (Å²) in [4.78, 5) is 15.5. The molecule has 0 spiro atoms. The van der Waals surface area contributed by atoms with Crippen molar-refractivity contribution in [3.8, 4) is 0 Å². The van der Waals surface area contributed by atoms with Crippen molar-refractivity contribution >= 4 is 34.9 Å². The summed E-state index contributed by atoms with van der Waals surface area (Å²) in [6, 6.07) is 9.50. The highest BCUT2D eigenvalue weighted by Gasteiger charge is 2.39. The number of fused-ring (bicyclic) bond motifs is 1. The molecular weight excluding hydrogens is 429 g/mol. The lowest BCUT2D eigenvalue weighted by atomic mass is 9.68. The number of aryl methyl sites for hydroxylation is 1. The van der Waals surface area contributed by atoms with Crippen LogP contribution in [0.25, 0.3) is 0 Å². The molecule has 6 heteroatoms. The molecule has 2 heterocycles. The van der Waals surface area contributed by atoms with E-state index in [-0.39, 0.29) is 12.1 Å². The van der Waals surface area contributed by atoms with Crippen molar-refractivity contribution in [2.45, 2.75) is 65.5 Å². The van der Waals surface area contributed by atoms with Gasteiger partial charge >= 0.3 is 6.03 Å². The summed E-state index contributed by atoms with van der Waals surface area (Å²) in [6.45, 7) is 8.74. The second-order valence-electron chi connectivity index (χ2n) is 10.2. The predicted octanol–water partition coefficient (Wildman–Crippen LogP) is 7.63. The number of benzene rings is 1. The third kappa shape index (κ3) is 4.90. The van der Waals surface area contributed by atoms with Crippen LogP contribution in [0.1, 0.15) is 64.6 Å². The first-order valence-corrected chi connectivity index (χ1v) is 12.2. The fourth-order valence-electron chi connectivity index (χ4n) is 5.41. The molecule has 2 amide bonds. The molecule has 31 heavy (non-hydrogen) atoms. The average Bonchev–Trinajstić information content (AvgIpc) is 3.09. The van der Waals surface area contributed by atoms with Crippen LogP contribution in [0.3, 0.4) is 0 Å². The molecule has 1 N–H and O–H groups in total. The van der Waals surface area contributed by atoms with Gasteiger partial charge in [-0.1, -0.05) is 44.0 Å². The van der Waals surface area contributed by atoms with E-state index in [1.54, 1.807) is 18.2 Å². The minimum Gasteiger partial charge on any atom is -0.350 e. The Labute approximate surface area is 195 Å². The van der Waals surface area contributed by atoms with Gasteiger partial charge < -0.3 is 14.8 Å². The Morgan fingerprint density at radius 2 is 1.81 bits per heavy atom. The summed E-state index contributed by atoms with van der Waals surface area (Å²) in [5, 5.41) is 4.07. The number of halogens is 2. The average molecular weight is 462 g/mol. The molecular formula is C25H33Cl2N3O. The highest BCUT2D eigenvalue weighted by atomic mass is 35.5. The fraction of sp³-hybridized carbons (Fsp3) is 0.560. The van der Waals surface area contributed by atoms with Gasteiger partial charge in [0.25, 0.3) is 0 Å². The Balaban J connectivity index is 1.59. The molecule has 1 unspecified atom stereocenters. The number of carbonyl (C=O) groups excluding carboxylic acids is 1. The maximum absolute atomic E-state index is 13.5. The zero-order chi connectivity index (χ0) is 22.2. The van der Waals surface area contributed by atoms with E-state index in [1.807, 2.05) is 4.90 Å². The quantitative estimate of drug-likeness (QED) is 0.490. The lowest BCUT2D eigenvalue weighted by Crippen LogP contribution is -2.42. The minimum absolute atomic E-state index is 0.0817. The molecule has 1 aliphatic carbocycles. The van der Waals surface area contributed by atoms with Gasteiger partial charge in [0.2, 0.25) is 0 Å². The summed E-state index contributed by atoms with van der Waals surface area (Å²) >= 11 is 12.4. The first-order valence-electron chi connectivity index (χ1n) is 11.4. The number of hydrogen-bond donors (Lipinski definition) is 1. The first kappa shape index (κ1) is 22.5. The standard InChI is InChI=1S/C25H33Cl2N3O/c1-25(2,3)18-9-7-17(8-10-18)23-22-6-4-13-29(22)14-5-15-30(23)24(31)28-21-12-11-19(26)16-20(21)27/h4,6,11-13,16-18,23H,5,7-10,14-15H2,1-3H3,(H,28,31). The number of nitrogens with one attached hydrogen (secondary N) is 1. The van der Waals surface area contributed by atoms with Crippen molar-refractivity contribution in [1.29, 1.82) is 0 Å². The van der Waals surface area contributed by atoms with Crippen molar-refractivity contribution in [3.05, 3.63) is 52.3 Å². The van der Waals surface area contributed by atoms with Crippen LogP contribution >= 0.6 is 23.2 Å². The highest BCUT2D eigenvalue weighted by molar-refractivity contribution is 6.36. The van der Waals surface area contributed by atoms with E-state index < -0.39 is 0 Å². The minimum atomic E-state index is -0.0817. The second kappa shape index (κ2) is 9.07. The number of anilines is 1. The van der Waals surface area contributed by atoms with Gasteiger partial charge in [0.15, 0.2) is 0 Å². The van der Waals surface area contributed by atoms with E-state index in [0.717, 1.165) is 38.3 Å². The van der Waals surface area contributed by atoms with Crippen LogP contribution < -0.4 is 5.32 Å². The molecule has 4 rings (SSSR count). The van der Waals surface area contributed by atoms with Crippen LogP contribution in [0, 0.1) is 17.3 Å². The Morgan fingerprint density at radius 1 is 1.06 bits per heavy atom. The van der Waals surface area contributed by atoms with Gasteiger partial charge in [-0.2, -0.15) is 0 Å². The zero-order valence-corrected chi connectivity index (χ0v) is 20.2. The molecule has 4 nitrogen and oxygen atoms in total. The van der Waals surface area contributed by atoms with Gasteiger partial charge in [0.05, 0.1) is 16.8 Å². The predicted molar refractivity (Wildman–Crippen MR) is 129 cm³/mol. The van der Waals surface area contributed by atoms with Crippen molar-refractivity contribution in [2.24, 2.45) is 17.3 Å². The van der Waals surface area contributed by atoms with E-state index in [0.29, 0.717) is 27.1 Å². The highest BCUT2D eigenvalue weighted by Crippen LogP contribution is 2.46. The summed E-state index contributed by atoms with van der Waals surface area (Å²) in [7, 11) is 0. The summed E-state index contributed by atoms with van der Waals surface area (Å²) in [5.74, 6) is 1.22. The van der Waals surface area contributed by atoms with Crippen molar-refractivity contribution in [3.63, 3.8) is 0 Å². The molecule has 168 valence electrons. The molecule has 2 aliphatic rings. The zero-order valence-electron chi connectivity index (χ0n) is 18.7. The maximum Gasteiger partial charge on any atom is 0.322 e. The number of nitrogens with zero attached hydrogens (tertiary/aromatic N) is 2. The maximum atomic E-state index is 13.5. The van der Waals surface area contributed by atoms with E-state index in [2.05, 4.69) is 49.0 Å². The van der Waals surface area contributed by atoms with Gasteiger partial charge in [-0.15, -0.1) is 0 Å². The molecule has 1 aliphatic heterocycles. The number of carbonyl (C=O) groups is 1. The van der Waals surface area contributed by atoms with Crippen LogP contribution in [0.2, 0.25) is 10.0 Å². The van der Waals surface area contributed by atoms with E-state index in [4.69, 9.17) is 23.2 Å². The van der Waals surface area contributed by atoms with Crippen LogP contribution in [-0.2, 0) is 6.54 Å². The molecule has 1 aromatic heterocycles. The largest absolute Gasteiger partial charge is 0.350 e. The lowest BCUT2D eigenvalue weighted by Gasteiger charge is -2.42. The number of rotatable bonds is 2. The molecule has 1 atom stereocenters. The Bertz CT molecular complexity index is 925. The summed E-state index contributed by atoms with van der Waals surface area (Å²) < 4.78 is 2.34. The fourth-order valence-corrected chi connectivity index (χ4v) is 5.87. The normalized spacial score (nSPS) is 24.4. The van der Waals surface area contributed by atoms with Crippen LogP contribution in [0.5, 0.6) is 0 Å². The molecule has 0 bridgehead atoms. The Morgan fingerprint density at radius 3 is 2.48 bits per heavy atom. The Kier molecular flexibility index (Phi) is 6.60.